The van der Waals surface area contributed by atoms with E-state index in [-0.39, 0.29) is 23.7 Å². The zero-order chi connectivity index (χ0) is 21.4. The highest BCUT2D eigenvalue weighted by atomic mass is 19.4. The second-order valence-corrected chi connectivity index (χ2v) is 7.95. The van der Waals surface area contributed by atoms with Gasteiger partial charge >= 0.3 is 12.4 Å². The highest BCUT2D eigenvalue weighted by Gasteiger charge is 2.44. The van der Waals surface area contributed by atoms with Crippen LogP contribution < -0.4 is 0 Å². The van der Waals surface area contributed by atoms with Gasteiger partial charge in [-0.2, -0.15) is 26.3 Å². The lowest BCUT2D eigenvalue weighted by atomic mass is 9.59. The van der Waals surface area contributed by atoms with E-state index in [0.29, 0.717) is 5.92 Å². The zero-order valence-corrected chi connectivity index (χ0v) is 16.1. The lowest BCUT2D eigenvalue weighted by Gasteiger charge is -2.47. The Morgan fingerprint density at radius 3 is 1.90 bits per heavy atom. The minimum atomic E-state index is -4.87. The Bertz CT molecular complexity index is 802. The summed E-state index contributed by atoms with van der Waals surface area (Å²) in [5, 5.41) is 0. The van der Waals surface area contributed by atoms with E-state index in [1.54, 1.807) is 0 Å². The van der Waals surface area contributed by atoms with Crippen LogP contribution in [-0.2, 0) is 22.5 Å². The van der Waals surface area contributed by atoms with Crippen LogP contribution in [0.25, 0.3) is 0 Å². The molecule has 0 bridgehead atoms. The molecule has 2 aromatic carbocycles. The van der Waals surface area contributed by atoms with Gasteiger partial charge < -0.3 is 4.74 Å². The SMILES string of the molecule is C[C@@H](OC[C@]1(c2ccccc2)C[C@@H](C)C1)c1cc(C(F)(F)F)cc(C(F)(F)F)c1. The molecule has 1 fully saturated rings. The highest BCUT2D eigenvalue weighted by molar-refractivity contribution is 5.35. The Labute approximate surface area is 165 Å². The van der Waals surface area contributed by atoms with Gasteiger partial charge in [0.1, 0.15) is 0 Å². The van der Waals surface area contributed by atoms with Gasteiger partial charge in [-0.15, -0.1) is 0 Å². The average molecular weight is 416 g/mol. The molecule has 158 valence electrons. The second kappa shape index (κ2) is 7.67. The van der Waals surface area contributed by atoms with Gasteiger partial charge in [-0.1, -0.05) is 37.3 Å². The van der Waals surface area contributed by atoms with Crippen LogP contribution >= 0.6 is 0 Å². The predicted octanol–water partition coefficient (Wildman–Crippen LogP) is 7.17. The predicted molar refractivity (Wildman–Crippen MR) is 97.3 cm³/mol. The van der Waals surface area contributed by atoms with Gasteiger partial charge in [0.25, 0.3) is 0 Å². The molecule has 2 aromatic rings. The molecule has 0 unspecified atom stereocenters. The van der Waals surface area contributed by atoms with E-state index in [9.17, 15) is 26.3 Å². The molecule has 1 nitrogen and oxygen atoms in total. The molecule has 0 radical (unpaired) electrons. The van der Waals surface area contributed by atoms with Crippen LogP contribution in [0.2, 0.25) is 0 Å². The first-order chi connectivity index (χ1) is 13.4. The van der Waals surface area contributed by atoms with Crippen molar-refractivity contribution in [3.63, 3.8) is 0 Å². The molecule has 3 rings (SSSR count). The van der Waals surface area contributed by atoms with Gasteiger partial charge in [0.2, 0.25) is 0 Å². The lowest BCUT2D eigenvalue weighted by molar-refractivity contribution is -0.143. The van der Waals surface area contributed by atoms with Crippen LogP contribution in [0.5, 0.6) is 0 Å². The van der Waals surface area contributed by atoms with Crippen LogP contribution in [0.1, 0.15) is 55.0 Å². The standard InChI is InChI=1S/C22H22F6O/c1-14-11-20(12-14,17-6-4-3-5-7-17)13-29-15(2)16-8-18(21(23,24)25)10-19(9-16)22(26,27)28/h3-10,14-15H,11-13H2,1-2H3/t14-,15-,20+/m1/s1. The highest BCUT2D eigenvalue weighted by Crippen LogP contribution is 2.48. The van der Waals surface area contributed by atoms with Crippen LogP contribution in [0.4, 0.5) is 26.3 Å². The van der Waals surface area contributed by atoms with E-state index >= 15 is 0 Å². The maximum Gasteiger partial charge on any atom is 0.416 e. The molecule has 0 aliphatic heterocycles. The van der Waals surface area contributed by atoms with Gasteiger partial charge in [0.05, 0.1) is 23.8 Å². The first kappa shape index (κ1) is 21.7. The quantitative estimate of drug-likeness (QED) is 0.470. The number of alkyl halides is 6. The monoisotopic (exact) mass is 416 g/mol. The van der Waals surface area contributed by atoms with Crippen molar-refractivity contribution in [3.05, 3.63) is 70.8 Å². The second-order valence-electron chi connectivity index (χ2n) is 7.95. The maximum atomic E-state index is 13.1. The van der Waals surface area contributed by atoms with Crippen molar-refractivity contribution < 1.29 is 31.1 Å². The van der Waals surface area contributed by atoms with E-state index in [1.807, 2.05) is 30.3 Å². The average Bonchev–Trinajstić information content (AvgIpc) is 2.63. The van der Waals surface area contributed by atoms with Crippen molar-refractivity contribution >= 4 is 0 Å². The molecule has 0 aromatic heterocycles. The van der Waals surface area contributed by atoms with E-state index in [1.165, 1.54) is 6.92 Å². The Balaban J connectivity index is 1.84. The van der Waals surface area contributed by atoms with E-state index in [2.05, 4.69) is 6.92 Å². The summed E-state index contributed by atoms with van der Waals surface area (Å²) < 4.78 is 84.4. The molecule has 1 saturated carbocycles. The molecular weight excluding hydrogens is 394 g/mol. The normalized spacial score (nSPS) is 23.5. The molecule has 0 heterocycles. The zero-order valence-electron chi connectivity index (χ0n) is 16.1. The van der Waals surface area contributed by atoms with Crippen LogP contribution in [0.15, 0.2) is 48.5 Å². The summed E-state index contributed by atoms with van der Waals surface area (Å²) in [6, 6.07) is 11.3. The number of benzene rings is 2. The molecular formula is C22H22F6O. The Morgan fingerprint density at radius 1 is 0.931 bits per heavy atom. The molecule has 0 N–H and O–H groups in total. The number of hydrogen-bond donors (Lipinski definition) is 0. The Hall–Kier alpha value is -2.02. The molecule has 29 heavy (non-hydrogen) atoms. The van der Waals surface area contributed by atoms with Gasteiger partial charge in [-0.25, -0.2) is 0 Å². The topological polar surface area (TPSA) is 9.23 Å². The number of hydrogen-bond acceptors (Lipinski definition) is 1. The summed E-state index contributed by atoms with van der Waals surface area (Å²) in [6.07, 6.45) is -8.93. The van der Waals surface area contributed by atoms with Gasteiger partial charge in [0.15, 0.2) is 0 Å². The van der Waals surface area contributed by atoms with Crippen LogP contribution in [0, 0.1) is 5.92 Å². The number of rotatable bonds is 5. The summed E-state index contributed by atoms with van der Waals surface area (Å²) in [4.78, 5) is 0. The molecule has 1 aliphatic carbocycles. The first-order valence-electron chi connectivity index (χ1n) is 9.37. The smallest absolute Gasteiger partial charge is 0.373 e. The maximum absolute atomic E-state index is 13.1. The molecule has 7 heteroatoms. The minimum Gasteiger partial charge on any atom is -0.373 e. The lowest BCUT2D eigenvalue weighted by Crippen LogP contribution is -2.44. The fraction of sp³-hybridized carbons (Fsp3) is 0.455. The molecule has 1 atom stereocenters. The third kappa shape index (κ3) is 4.77. The molecule has 0 amide bonds. The fourth-order valence-electron chi connectivity index (χ4n) is 4.10. The van der Waals surface area contributed by atoms with Crippen LogP contribution in [0.3, 0.4) is 0 Å². The Morgan fingerprint density at radius 2 is 1.45 bits per heavy atom. The minimum absolute atomic E-state index is 0.134. The fourth-order valence-corrected chi connectivity index (χ4v) is 4.10. The van der Waals surface area contributed by atoms with Gasteiger partial charge in [0, 0.05) is 5.41 Å². The number of halogens is 6. The van der Waals surface area contributed by atoms with E-state index in [4.69, 9.17) is 4.74 Å². The van der Waals surface area contributed by atoms with Crippen molar-refractivity contribution in [1.82, 2.24) is 0 Å². The Kier molecular flexibility index (Phi) is 5.73. The third-order valence-electron chi connectivity index (χ3n) is 5.55. The summed E-state index contributed by atoms with van der Waals surface area (Å²) in [5.74, 6) is 0.486. The largest absolute Gasteiger partial charge is 0.416 e. The molecule has 0 spiro atoms. The summed E-state index contributed by atoms with van der Waals surface area (Å²) in [6.45, 7) is 3.82. The summed E-state index contributed by atoms with van der Waals surface area (Å²) >= 11 is 0. The van der Waals surface area contributed by atoms with Crippen molar-refractivity contribution in [3.8, 4) is 0 Å². The van der Waals surface area contributed by atoms with Crippen molar-refractivity contribution in [2.24, 2.45) is 5.92 Å². The summed E-state index contributed by atoms with van der Waals surface area (Å²) in [7, 11) is 0. The molecule has 1 aliphatic rings. The van der Waals surface area contributed by atoms with Crippen LogP contribution in [-0.4, -0.2) is 6.61 Å². The first-order valence-corrected chi connectivity index (χ1v) is 9.37. The van der Waals surface area contributed by atoms with Crippen molar-refractivity contribution in [1.29, 1.82) is 0 Å². The molecule has 0 saturated heterocycles. The van der Waals surface area contributed by atoms with Gasteiger partial charge in [-0.3, -0.25) is 0 Å². The third-order valence-corrected chi connectivity index (χ3v) is 5.55. The van der Waals surface area contributed by atoms with Crippen molar-refractivity contribution in [2.45, 2.75) is 50.6 Å². The van der Waals surface area contributed by atoms with Crippen molar-refractivity contribution in [2.75, 3.05) is 6.61 Å². The van der Waals surface area contributed by atoms with Gasteiger partial charge in [-0.05, 0) is 55.0 Å². The van der Waals surface area contributed by atoms with E-state index < -0.39 is 29.6 Å². The summed E-state index contributed by atoms with van der Waals surface area (Å²) in [5.41, 5.74) is -1.97. The number of ether oxygens (including phenoxy) is 1. The van der Waals surface area contributed by atoms with E-state index in [0.717, 1.165) is 30.5 Å².